The molecular formula is C9H11NO4S. The molecule has 1 aromatic rings. The number of hydrogen-bond donors (Lipinski definition) is 3. The van der Waals surface area contributed by atoms with Crippen molar-refractivity contribution in [1.82, 2.24) is 0 Å². The number of carboxylic acids is 1. The van der Waals surface area contributed by atoms with Crippen molar-refractivity contribution in [2.45, 2.75) is 12.8 Å². The van der Waals surface area contributed by atoms with Gasteiger partial charge in [-0.3, -0.25) is 9.52 Å². The molecular weight excluding hydrogens is 218 g/mol. The highest BCUT2D eigenvalue weighted by Gasteiger charge is 2.12. The molecule has 0 amide bonds. The van der Waals surface area contributed by atoms with E-state index in [1.54, 1.807) is 19.1 Å². The fraction of sp³-hybridized carbons (Fsp3) is 0.222. The van der Waals surface area contributed by atoms with E-state index in [0.717, 1.165) is 0 Å². The zero-order valence-corrected chi connectivity index (χ0v) is 8.90. The second-order valence-corrected chi connectivity index (χ2v) is 3.79. The molecule has 0 saturated carbocycles. The second-order valence-electron chi connectivity index (χ2n) is 3.05. The van der Waals surface area contributed by atoms with Crippen LogP contribution in [0.5, 0.6) is 0 Å². The van der Waals surface area contributed by atoms with E-state index in [4.69, 9.17) is 5.11 Å². The standard InChI is InChI=1S/C9H11NO4S/c1-6(9(11)12)7-2-4-8(5-3-7)10-15(13)14/h2-6,15H,1H3,(H,11,12)(H,10,13,14). The summed E-state index contributed by atoms with van der Waals surface area (Å²) in [5.41, 5.74) is 1.06. The maximum Gasteiger partial charge on any atom is 0.310 e. The molecule has 0 fully saturated rings. The van der Waals surface area contributed by atoms with Crippen molar-refractivity contribution in [2.24, 2.45) is 0 Å². The molecule has 1 aromatic carbocycles. The van der Waals surface area contributed by atoms with E-state index in [1.807, 2.05) is 0 Å². The van der Waals surface area contributed by atoms with Crippen LogP contribution in [-0.2, 0) is 15.7 Å². The van der Waals surface area contributed by atoms with Crippen LogP contribution in [0.3, 0.4) is 0 Å². The van der Waals surface area contributed by atoms with Gasteiger partial charge in [-0.1, -0.05) is 12.1 Å². The second kappa shape index (κ2) is 4.79. The quantitative estimate of drug-likeness (QED) is 0.667. The van der Waals surface area contributed by atoms with Crippen LogP contribution in [0, 0.1) is 0 Å². The molecule has 0 heterocycles. The lowest BCUT2D eigenvalue weighted by Crippen LogP contribution is -2.07. The molecule has 2 N–H and O–H groups in total. The van der Waals surface area contributed by atoms with Gasteiger partial charge >= 0.3 is 5.97 Å². The summed E-state index contributed by atoms with van der Waals surface area (Å²) in [6.45, 7) is 1.57. The van der Waals surface area contributed by atoms with Crippen LogP contribution in [0.25, 0.3) is 0 Å². The highest BCUT2D eigenvalue weighted by Crippen LogP contribution is 2.17. The molecule has 0 bridgehead atoms. The smallest absolute Gasteiger partial charge is 0.310 e. The van der Waals surface area contributed by atoms with Crippen LogP contribution in [0.1, 0.15) is 18.4 Å². The number of aliphatic carboxylic acids is 1. The number of hydrogen-bond acceptors (Lipinski definition) is 3. The molecule has 5 nitrogen and oxygen atoms in total. The number of thiol groups is 1. The molecule has 0 spiro atoms. The monoisotopic (exact) mass is 229 g/mol. The van der Waals surface area contributed by atoms with Gasteiger partial charge in [-0.25, -0.2) is 8.42 Å². The molecule has 0 aliphatic carbocycles. The molecule has 82 valence electrons. The molecule has 1 rings (SSSR count). The lowest BCUT2D eigenvalue weighted by Gasteiger charge is -2.06. The van der Waals surface area contributed by atoms with Crippen LogP contribution in [-0.4, -0.2) is 19.5 Å². The predicted octanol–water partition coefficient (Wildman–Crippen LogP) is 0.813. The van der Waals surface area contributed by atoms with Crippen LogP contribution in [0.4, 0.5) is 5.69 Å². The fourth-order valence-electron chi connectivity index (χ4n) is 1.09. The molecule has 15 heavy (non-hydrogen) atoms. The Kier molecular flexibility index (Phi) is 3.68. The molecule has 1 unspecified atom stereocenters. The third kappa shape index (κ3) is 3.25. The Balaban J connectivity index is 2.85. The first-order valence-electron chi connectivity index (χ1n) is 4.24. The van der Waals surface area contributed by atoms with Gasteiger partial charge in [-0.15, -0.1) is 0 Å². The van der Waals surface area contributed by atoms with E-state index < -0.39 is 22.8 Å². The van der Waals surface area contributed by atoms with E-state index in [-0.39, 0.29) is 0 Å². The van der Waals surface area contributed by atoms with E-state index in [9.17, 15) is 13.2 Å². The minimum atomic E-state index is -2.68. The topological polar surface area (TPSA) is 83.5 Å². The Labute approximate surface area is 88.8 Å². The maximum absolute atomic E-state index is 10.7. The Hall–Kier alpha value is -1.56. The van der Waals surface area contributed by atoms with Gasteiger partial charge in [0.1, 0.15) is 0 Å². The largest absolute Gasteiger partial charge is 0.481 e. The van der Waals surface area contributed by atoms with E-state index in [2.05, 4.69) is 4.72 Å². The number of rotatable bonds is 4. The summed E-state index contributed by atoms with van der Waals surface area (Å²) >= 11 is 0. The summed E-state index contributed by atoms with van der Waals surface area (Å²) < 4.78 is 22.9. The summed E-state index contributed by atoms with van der Waals surface area (Å²) in [6.07, 6.45) is 0. The lowest BCUT2D eigenvalue weighted by atomic mass is 10.0. The van der Waals surface area contributed by atoms with Crippen LogP contribution < -0.4 is 4.72 Å². The van der Waals surface area contributed by atoms with E-state index in [0.29, 0.717) is 11.3 Å². The minimum Gasteiger partial charge on any atom is -0.481 e. The third-order valence-corrected chi connectivity index (χ3v) is 2.44. The average molecular weight is 229 g/mol. The normalized spacial score (nSPS) is 12.4. The van der Waals surface area contributed by atoms with Crippen molar-refractivity contribution in [3.63, 3.8) is 0 Å². The molecule has 6 heteroatoms. The van der Waals surface area contributed by atoms with Gasteiger partial charge in [0.15, 0.2) is 0 Å². The highest BCUT2D eigenvalue weighted by atomic mass is 32.2. The van der Waals surface area contributed by atoms with Gasteiger partial charge in [-0.05, 0) is 24.6 Å². The number of carboxylic acid groups (broad SMARTS) is 1. The van der Waals surface area contributed by atoms with Crippen molar-refractivity contribution >= 4 is 22.5 Å². The van der Waals surface area contributed by atoms with Crippen molar-refractivity contribution in [2.75, 3.05) is 4.72 Å². The van der Waals surface area contributed by atoms with Gasteiger partial charge < -0.3 is 5.11 Å². The third-order valence-electron chi connectivity index (χ3n) is 2.00. The number of benzene rings is 1. The van der Waals surface area contributed by atoms with Crippen molar-refractivity contribution in [3.8, 4) is 0 Å². The van der Waals surface area contributed by atoms with Crippen molar-refractivity contribution < 1.29 is 18.3 Å². The van der Waals surface area contributed by atoms with E-state index in [1.165, 1.54) is 12.1 Å². The lowest BCUT2D eigenvalue weighted by molar-refractivity contribution is -0.138. The predicted molar refractivity (Wildman–Crippen MR) is 56.4 cm³/mol. The Bertz CT molecular complexity index is 416. The highest BCUT2D eigenvalue weighted by molar-refractivity contribution is 7.73. The minimum absolute atomic E-state index is 0.424. The summed E-state index contributed by atoms with van der Waals surface area (Å²) in [5.74, 6) is -1.51. The Morgan fingerprint density at radius 1 is 1.33 bits per heavy atom. The van der Waals surface area contributed by atoms with Gasteiger partial charge in [0, 0.05) is 5.69 Å². The summed E-state index contributed by atoms with van der Waals surface area (Å²) in [4.78, 5) is 10.7. The van der Waals surface area contributed by atoms with Gasteiger partial charge in [0.2, 0.25) is 10.9 Å². The summed E-state index contributed by atoms with van der Waals surface area (Å²) in [7, 11) is -2.68. The number of nitrogens with one attached hydrogen (secondary N) is 1. The van der Waals surface area contributed by atoms with Crippen molar-refractivity contribution in [1.29, 1.82) is 0 Å². The first-order valence-corrected chi connectivity index (χ1v) is 5.42. The Morgan fingerprint density at radius 3 is 2.27 bits per heavy atom. The first-order chi connectivity index (χ1) is 7.00. The van der Waals surface area contributed by atoms with Crippen molar-refractivity contribution in [3.05, 3.63) is 29.8 Å². The SMILES string of the molecule is CC(C(=O)O)c1ccc(N[SH](=O)=O)cc1. The number of carbonyl (C=O) groups is 1. The van der Waals surface area contributed by atoms with Gasteiger partial charge in [0.25, 0.3) is 0 Å². The van der Waals surface area contributed by atoms with Crippen LogP contribution >= 0.6 is 0 Å². The Morgan fingerprint density at radius 2 is 1.87 bits per heavy atom. The molecule has 0 aromatic heterocycles. The molecule has 0 aliphatic rings. The first kappa shape index (κ1) is 11.5. The summed E-state index contributed by atoms with van der Waals surface area (Å²) in [6, 6.07) is 6.22. The van der Waals surface area contributed by atoms with E-state index >= 15 is 0 Å². The fourth-order valence-corrected chi connectivity index (χ4v) is 1.45. The number of anilines is 1. The van der Waals surface area contributed by atoms with Crippen LogP contribution in [0.2, 0.25) is 0 Å². The zero-order chi connectivity index (χ0) is 11.4. The maximum atomic E-state index is 10.7. The van der Waals surface area contributed by atoms with Crippen LogP contribution in [0.15, 0.2) is 24.3 Å². The summed E-state index contributed by atoms with van der Waals surface area (Å²) in [5, 5.41) is 8.74. The average Bonchev–Trinajstić information content (AvgIpc) is 2.17. The molecule has 0 saturated heterocycles. The van der Waals surface area contributed by atoms with Gasteiger partial charge in [0.05, 0.1) is 5.92 Å². The molecule has 0 radical (unpaired) electrons. The molecule has 0 aliphatic heterocycles. The molecule has 1 atom stereocenters. The van der Waals surface area contributed by atoms with Gasteiger partial charge in [-0.2, -0.15) is 0 Å². The zero-order valence-electron chi connectivity index (χ0n) is 8.01.